The van der Waals surface area contributed by atoms with Crippen molar-refractivity contribution in [2.24, 2.45) is 0 Å². The van der Waals surface area contributed by atoms with E-state index in [1.54, 1.807) is 6.20 Å². The van der Waals surface area contributed by atoms with E-state index in [1.165, 1.54) is 11.5 Å². The third kappa shape index (κ3) is 4.23. The van der Waals surface area contributed by atoms with Gasteiger partial charge in [-0.3, -0.25) is 4.98 Å². The lowest BCUT2D eigenvalue weighted by molar-refractivity contribution is 0.531. The van der Waals surface area contributed by atoms with Crippen LogP contribution >= 0.6 is 11.5 Å². The van der Waals surface area contributed by atoms with E-state index in [9.17, 15) is 4.55 Å². The first-order valence-electron chi connectivity index (χ1n) is 6.72. The number of pyridine rings is 1. The summed E-state index contributed by atoms with van der Waals surface area (Å²) >= 11 is 0.205. The van der Waals surface area contributed by atoms with Crippen LogP contribution in [0.25, 0.3) is 11.4 Å². The maximum Gasteiger partial charge on any atom is 0.173 e. The molecule has 2 unspecified atom stereocenters. The summed E-state index contributed by atoms with van der Waals surface area (Å²) in [6.07, 6.45) is 1.75. The van der Waals surface area contributed by atoms with Gasteiger partial charge in [-0.15, -0.1) is 4.72 Å². The lowest BCUT2D eigenvalue weighted by atomic mass is 10.2. The first-order valence-corrected chi connectivity index (χ1v) is 8.64. The molecule has 0 bridgehead atoms. The molecule has 7 heteroatoms. The Morgan fingerprint density at radius 3 is 2.71 bits per heavy atom. The molecule has 0 spiro atoms. The smallest absolute Gasteiger partial charge is 0.173 e. The molecular weight excluding hydrogens is 304 g/mol. The Morgan fingerprint density at radius 2 is 2.10 bits per heavy atom. The number of aryl methyl sites for hydroxylation is 1. The summed E-state index contributed by atoms with van der Waals surface area (Å²) in [5.74, 6) is 0.690. The van der Waals surface area contributed by atoms with Gasteiger partial charge in [-0.05, 0) is 58.3 Å². The van der Waals surface area contributed by atoms with Crippen molar-refractivity contribution in [3.63, 3.8) is 0 Å². The molecule has 1 N–H and O–H groups in total. The maximum atomic E-state index is 12.1. The second-order valence-electron chi connectivity index (χ2n) is 5.86. The van der Waals surface area contributed by atoms with E-state index < -0.39 is 11.4 Å². The number of nitrogens with one attached hydrogen (secondary N) is 1. The molecule has 2 heterocycles. The Hall–Kier alpha value is -1.02. The zero-order valence-electron chi connectivity index (χ0n) is 12.9. The first kappa shape index (κ1) is 16.4. The van der Waals surface area contributed by atoms with Gasteiger partial charge < -0.3 is 4.55 Å². The summed E-state index contributed by atoms with van der Waals surface area (Å²) in [4.78, 5) is 8.71. The van der Waals surface area contributed by atoms with Crippen LogP contribution in [0.4, 0.5) is 0 Å². The fourth-order valence-electron chi connectivity index (χ4n) is 1.60. The van der Waals surface area contributed by atoms with Crippen LogP contribution in [-0.4, -0.2) is 23.6 Å². The zero-order chi connectivity index (χ0) is 15.6. The quantitative estimate of drug-likeness (QED) is 0.875. The van der Waals surface area contributed by atoms with Crippen LogP contribution in [0.3, 0.4) is 0 Å². The number of aromatic nitrogens is 3. The van der Waals surface area contributed by atoms with E-state index in [2.05, 4.69) is 19.1 Å². The summed E-state index contributed by atoms with van der Waals surface area (Å²) in [7, 11) is 0. The molecule has 0 fully saturated rings. The molecule has 0 aliphatic carbocycles. The molecule has 0 saturated heterocycles. The third-order valence-corrected chi connectivity index (χ3v) is 5.38. The van der Waals surface area contributed by atoms with Gasteiger partial charge in [0, 0.05) is 28.8 Å². The van der Waals surface area contributed by atoms with Crippen LogP contribution < -0.4 is 4.72 Å². The average molecular weight is 324 g/mol. The van der Waals surface area contributed by atoms with Gasteiger partial charge in [-0.2, -0.15) is 4.37 Å². The lowest BCUT2D eigenvalue weighted by Crippen LogP contribution is -2.40. The van der Waals surface area contributed by atoms with E-state index in [-0.39, 0.29) is 10.8 Å². The first-order chi connectivity index (χ1) is 9.77. The Bertz CT molecular complexity index is 609. The predicted octanol–water partition coefficient (Wildman–Crippen LogP) is 3.02. The minimum atomic E-state index is -1.13. The molecular formula is C14H20N4OS2. The van der Waals surface area contributed by atoms with Crippen LogP contribution in [0.1, 0.15) is 44.4 Å². The molecule has 0 aliphatic heterocycles. The SMILES string of the molecule is Cc1cc(-c2nsc(C(C)N[S+]([O-])C(C)(C)C)n2)ccn1. The van der Waals surface area contributed by atoms with Crippen molar-refractivity contribution in [1.29, 1.82) is 0 Å². The van der Waals surface area contributed by atoms with Crippen LogP contribution in [0, 0.1) is 6.92 Å². The molecule has 2 atom stereocenters. The summed E-state index contributed by atoms with van der Waals surface area (Å²) in [5, 5.41) is 0.831. The molecule has 5 nitrogen and oxygen atoms in total. The number of rotatable bonds is 4. The van der Waals surface area contributed by atoms with E-state index in [4.69, 9.17) is 0 Å². The minimum Gasteiger partial charge on any atom is -0.598 e. The summed E-state index contributed by atoms with van der Waals surface area (Å²) in [5.41, 5.74) is 1.89. The Labute approximate surface area is 132 Å². The molecule has 2 aromatic heterocycles. The van der Waals surface area contributed by atoms with Crippen molar-refractivity contribution in [3.8, 4) is 11.4 Å². The van der Waals surface area contributed by atoms with E-state index in [1.807, 2.05) is 46.8 Å². The molecule has 0 aromatic carbocycles. The lowest BCUT2D eigenvalue weighted by Gasteiger charge is -2.25. The molecule has 2 aromatic rings. The Morgan fingerprint density at radius 1 is 1.38 bits per heavy atom. The van der Waals surface area contributed by atoms with Gasteiger partial charge in [0.1, 0.15) is 15.8 Å². The summed E-state index contributed by atoms with van der Waals surface area (Å²) in [6.45, 7) is 9.70. The van der Waals surface area contributed by atoms with Gasteiger partial charge in [0.25, 0.3) is 0 Å². The molecule has 0 saturated carbocycles. The van der Waals surface area contributed by atoms with Gasteiger partial charge in [-0.1, -0.05) is 0 Å². The van der Waals surface area contributed by atoms with Crippen LogP contribution in [0.5, 0.6) is 0 Å². The monoisotopic (exact) mass is 324 g/mol. The van der Waals surface area contributed by atoms with Crippen LogP contribution in [0.2, 0.25) is 0 Å². The van der Waals surface area contributed by atoms with E-state index >= 15 is 0 Å². The van der Waals surface area contributed by atoms with E-state index in [0.717, 1.165) is 16.3 Å². The molecule has 2 rings (SSSR count). The normalized spacial score (nSPS) is 15.0. The highest BCUT2D eigenvalue weighted by molar-refractivity contribution is 7.90. The van der Waals surface area contributed by atoms with Crippen molar-refractivity contribution < 1.29 is 4.55 Å². The van der Waals surface area contributed by atoms with Crippen molar-refractivity contribution >= 4 is 22.9 Å². The largest absolute Gasteiger partial charge is 0.598 e. The highest BCUT2D eigenvalue weighted by Crippen LogP contribution is 2.24. The molecule has 0 aliphatic rings. The third-order valence-electron chi connectivity index (χ3n) is 2.81. The number of hydrogen-bond donors (Lipinski definition) is 1. The van der Waals surface area contributed by atoms with Crippen molar-refractivity contribution in [2.75, 3.05) is 0 Å². The predicted molar refractivity (Wildman–Crippen MR) is 87.3 cm³/mol. The highest BCUT2D eigenvalue weighted by Gasteiger charge is 2.29. The minimum absolute atomic E-state index is 0.0979. The number of nitrogens with zero attached hydrogens (tertiary/aromatic N) is 3. The fourth-order valence-corrected chi connectivity index (χ4v) is 3.13. The fraction of sp³-hybridized carbons (Fsp3) is 0.500. The van der Waals surface area contributed by atoms with Crippen LogP contribution in [0.15, 0.2) is 18.3 Å². The summed E-state index contributed by atoms with van der Waals surface area (Å²) in [6, 6.07) is 3.75. The standard InChI is InChI=1S/C14H20N4OS2/c1-9-8-11(6-7-15-9)12-16-13(20-17-12)10(2)18-21(19)14(3,4)5/h6-8,10,18H,1-5H3. The van der Waals surface area contributed by atoms with Crippen LogP contribution in [-0.2, 0) is 11.4 Å². The Kier molecular flexibility index (Phi) is 4.98. The molecule has 0 amide bonds. The van der Waals surface area contributed by atoms with E-state index in [0.29, 0.717) is 5.82 Å². The molecule has 21 heavy (non-hydrogen) atoms. The van der Waals surface area contributed by atoms with Crippen molar-refractivity contribution in [3.05, 3.63) is 29.0 Å². The second kappa shape index (κ2) is 6.39. The second-order valence-corrected chi connectivity index (χ2v) is 8.64. The summed E-state index contributed by atoms with van der Waals surface area (Å²) < 4.78 is 19.3. The van der Waals surface area contributed by atoms with Gasteiger partial charge >= 0.3 is 0 Å². The average Bonchev–Trinajstić information content (AvgIpc) is 2.87. The topological polar surface area (TPSA) is 73.8 Å². The van der Waals surface area contributed by atoms with Crippen molar-refractivity contribution in [2.45, 2.75) is 45.4 Å². The van der Waals surface area contributed by atoms with Gasteiger partial charge in [0.05, 0.1) is 0 Å². The Balaban J connectivity index is 2.13. The zero-order valence-corrected chi connectivity index (χ0v) is 14.5. The molecule has 114 valence electrons. The maximum absolute atomic E-state index is 12.1. The van der Waals surface area contributed by atoms with Gasteiger partial charge in [-0.25, -0.2) is 4.98 Å². The molecule has 0 radical (unpaired) electrons. The van der Waals surface area contributed by atoms with Gasteiger partial charge in [0.15, 0.2) is 5.82 Å². The highest BCUT2D eigenvalue weighted by atomic mass is 32.2. The van der Waals surface area contributed by atoms with Gasteiger partial charge in [0.2, 0.25) is 0 Å². The number of hydrogen-bond acceptors (Lipinski definition) is 6. The van der Waals surface area contributed by atoms with Crippen molar-refractivity contribution in [1.82, 2.24) is 19.1 Å².